The van der Waals surface area contributed by atoms with Crippen LogP contribution in [0.25, 0.3) is 0 Å². The van der Waals surface area contributed by atoms with Crippen molar-refractivity contribution in [2.45, 2.75) is 56.1 Å². The van der Waals surface area contributed by atoms with E-state index >= 15 is 0 Å². The maximum absolute atomic E-state index is 10.7. The first-order valence-corrected chi connectivity index (χ1v) is 12.8. The predicted octanol–water partition coefficient (Wildman–Crippen LogP) is 3.88. The summed E-state index contributed by atoms with van der Waals surface area (Å²) < 4.78 is 177. The van der Waals surface area contributed by atoms with Gasteiger partial charge in [0.15, 0.2) is 30.4 Å². The van der Waals surface area contributed by atoms with Crippen molar-refractivity contribution < 1.29 is 97.9 Å². The van der Waals surface area contributed by atoms with Gasteiger partial charge in [-0.3, -0.25) is 0 Å². The van der Waals surface area contributed by atoms with Crippen LogP contribution >= 0.6 is 0 Å². The first-order valence-electron chi connectivity index (χ1n) is 8.58. The minimum atomic E-state index is -6.09. The molecule has 0 heterocycles. The summed E-state index contributed by atoms with van der Waals surface area (Å²) in [4.78, 5) is 0. The van der Waals surface area contributed by atoms with Crippen LogP contribution in [-0.4, -0.2) is 55.4 Å². The molecule has 0 aliphatic heterocycles. The maximum Gasteiger partial charge on any atom is 3.00 e. The third-order valence-electron chi connectivity index (χ3n) is 2.23. The van der Waals surface area contributed by atoms with E-state index in [0.29, 0.717) is 0 Å². The van der Waals surface area contributed by atoms with E-state index in [0.717, 1.165) is 0 Å². The van der Waals surface area contributed by atoms with Crippen molar-refractivity contribution >= 4 is 30.4 Å². The molecule has 0 spiro atoms. The van der Waals surface area contributed by atoms with E-state index in [1.165, 1.54) is 39.5 Å². The fraction of sp³-hybridized carbons (Fsp3) is 0.600. The second-order valence-corrected chi connectivity index (χ2v) is 9.40. The summed E-state index contributed by atoms with van der Waals surface area (Å²) in [5.74, 6) is 0. The monoisotopic (exact) mass is 740 g/mol. The van der Waals surface area contributed by atoms with Crippen LogP contribution in [0, 0.1) is 22.7 Å². The molecule has 1 aliphatic carbocycles. The standard InChI is InChI=1S/C8H12.2C2H3N.3CHF3O3S.Rh/c1-2-4-6-8-7-5-3-1;2*1-2-3;3*2-1(3,4)8(5,6)7;/h1-4H,5-8H2;2*1H3;3*(H,5,6,7);/q;;;;;;+3/p-3. The molecule has 39 heavy (non-hydrogen) atoms. The number of rotatable bonds is 0. The quantitative estimate of drug-likeness (QED) is 0.150. The molecular weight excluding hydrogens is 722 g/mol. The minimum Gasteiger partial charge on any atom is -0.741 e. The van der Waals surface area contributed by atoms with Crippen molar-refractivity contribution in [2.75, 3.05) is 0 Å². The third-order valence-corrected chi connectivity index (χ3v) is 3.93. The largest absolute Gasteiger partial charge is 3.00 e. The van der Waals surface area contributed by atoms with Crippen molar-refractivity contribution in [3.8, 4) is 12.1 Å². The predicted molar refractivity (Wildman–Crippen MR) is 107 cm³/mol. The fourth-order valence-electron chi connectivity index (χ4n) is 0.874. The van der Waals surface area contributed by atoms with Crippen LogP contribution in [0.4, 0.5) is 39.5 Å². The zero-order valence-electron chi connectivity index (χ0n) is 19.2. The minimum absolute atomic E-state index is 0. The first-order chi connectivity index (χ1) is 16.6. The number of halogens is 9. The van der Waals surface area contributed by atoms with Gasteiger partial charge < -0.3 is 13.7 Å². The molecule has 0 bridgehead atoms. The average Bonchev–Trinajstić information content (AvgIpc) is 2.58. The third kappa shape index (κ3) is 38.4. The van der Waals surface area contributed by atoms with E-state index in [4.69, 9.17) is 49.4 Å². The van der Waals surface area contributed by atoms with Crippen molar-refractivity contribution in [2.24, 2.45) is 0 Å². The molecule has 0 aromatic rings. The molecular formula is C15H18F9N2O9RhS3. The molecule has 24 heteroatoms. The molecule has 0 radical (unpaired) electrons. The van der Waals surface area contributed by atoms with E-state index in [1.54, 1.807) is 12.1 Å². The van der Waals surface area contributed by atoms with Crippen LogP contribution < -0.4 is 0 Å². The molecule has 11 nitrogen and oxygen atoms in total. The summed E-state index contributed by atoms with van der Waals surface area (Å²) in [7, 11) is -18.3. The van der Waals surface area contributed by atoms with E-state index < -0.39 is 46.9 Å². The second-order valence-electron chi connectivity index (χ2n) is 5.29. The number of alkyl halides is 9. The summed E-state index contributed by atoms with van der Waals surface area (Å²) in [6.45, 7) is 2.86. The van der Waals surface area contributed by atoms with Crippen molar-refractivity contribution in [1.82, 2.24) is 0 Å². The Morgan fingerprint density at radius 3 is 0.821 bits per heavy atom. The van der Waals surface area contributed by atoms with E-state index in [-0.39, 0.29) is 19.5 Å². The molecule has 0 aromatic heterocycles. The molecule has 0 unspecified atom stereocenters. The number of allylic oxidation sites excluding steroid dienone is 4. The van der Waals surface area contributed by atoms with Gasteiger partial charge in [-0.1, -0.05) is 24.3 Å². The summed E-state index contributed by atoms with van der Waals surface area (Å²) in [6.07, 6.45) is 14.0. The summed E-state index contributed by atoms with van der Waals surface area (Å²) in [6, 6.07) is 3.50. The molecule has 232 valence electrons. The summed E-state index contributed by atoms with van der Waals surface area (Å²) in [5.41, 5.74) is -16.9. The Kier molecular flexibility index (Phi) is 29.5. The van der Waals surface area contributed by atoms with Gasteiger partial charge >= 0.3 is 36.0 Å². The summed E-state index contributed by atoms with van der Waals surface area (Å²) >= 11 is 0. The average molecular weight is 740 g/mol. The molecule has 0 amide bonds. The Hall–Kier alpha value is -1.82. The van der Waals surface area contributed by atoms with Gasteiger partial charge in [0.25, 0.3) is 0 Å². The molecule has 1 aliphatic rings. The topological polar surface area (TPSA) is 219 Å². The number of hydrogen-bond donors (Lipinski definition) is 0. The van der Waals surface area contributed by atoms with Crippen molar-refractivity contribution in [3.63, 3.8) is 0 Å². The van der Waals surface area contributed by atoms with Crippen LogP contribution in [0.5, 0.6) is 0 Å². The molecule has 0 saturated heterocycles. The Balaban J connectivity index is -0.0000000863. The van der Waals surface area contributed by atoms with Crippen LogP contribution in [-0.2, 0) is 49.8 Å². The van der Waals surface area contributed by atoms with Gasteiger partial charge in [0.1, 0.15) is 0 Å². The van der Waals surface area contributed by atoms with Crippen molar-refractivity contribution in [1.29, 1.82) is 10.5 Å². The van der Waals surface area contributed by atoms with E-state index in [2.05, 4.69) is 24.3 Å². The zero-order chi connectivity index (χ0) is 32.1. The molecule has 1 rings (SSSR count). The second kappa shape index (κ2) is 22.9. The Morgan fingerprint density at radius 2 is 0.718 bits per heavy atom. The van der Waals surface area contributed by atoms with E-state index in [1.807, 2.05) is 0 Å². The normalized spacial score (nSPS) is 13.1. The maximum atomic E-state index is 10.7. The smallest absolute Gasteiger partial charge is 0.741 e. The number of nitrogens with zero attached hydrogens (tertiary/aromatic N) is 2. The summed E-state index contributed by atoms with van der Waals surface area (Å²) in [5, 5.41) is 14.6. The Labute approximate surface area is 231 Å². The van der Waals surface area contributed by atoms with Gasteiger partial charge in [-0.05, 0) is 25.7 Å². The van der Waals surface area contributed by atoms with Crippen LogP contribution in [0.2, 0.25) is 0 Å². The van der Waals surface area contributed by atoms with Gasteiger partial charge in [0.05, 0.1) is 12.1 Å². The Bertz CT molecular complexity index is 977. The first kappa shape index (κ1) is 50.1. The number of hydrogen-bond acceptors (Lipinski definition) is 11. The Morgan fingerprint density at radius 1 is 0.590 bits per heavy atom. The van der Waals surface area contributed by atoms with Crippen LogP contribution in [0.3, 0.4) is 0 Å². The fourth-order valence-corrected chi connectivity index (χ4v) is 0.874. The van der Waals surface area contributed by atoms with E-state index in [9.17, 15) is 39.5 Å². The van der Waals surface area contributed by atoms with Crippen LogP contribution in [0.1, 0.15) is 39.5 Å². The van der Waals surface area contributed by atoms with Gasteiger partial charge in [0.2, 0.25) is 0 Å². The zero-order valence-corrected chi connectivity index (χ0v) is 23.3. The van der Waals surface area contributed by atoms with Crippen LogP contribution in [0.15, 0.2) is 24.3 Å². The SMILES string of the molecule is C1=CCCCCC=C1.CC#N.CC#N.O=S(=O)([O-])C(F)(F)F.O=S(=O)([O-])C(F)(F)F.O=S(=O)([O-])C(F)(F)F.[Rh+3]. The van der Waals surface area contributed by atoms with Gasteiger partial charge in [-0.15, -0.1) is 0 Å². The van der Waals surface area contributed by atoms with Gasteiger partial charge in [-0.2, -0.15) is 50.0 Å². The van der Waals surface area contributed by atoms with Gasteiger partial charge in [-0.25, -0.2) is 25.3 Å². The molecule has 0 atom stereocenters. The molecule has 0 N–H and O–H groups in total. The molecule has 0 aromatic carbocycles. The van der Waals surface area contributed by atoms with Crippen molar-refractivity contribution in [3.05, 3.63) is 24.3 Å². The number of nitriles is 2. The van der Waals surface area contributed by atoms with Gasteiger partial charge in [0, 0.05) is 13.8 Å². The molecule has 0 fully saturated rings. The molecule has 0 saturated carbocycles.